The molecule has 0 saturated carbocycles. The molecule has 0 aliphatic heterocycles. The number of rotatable bonds is 3. The molecule has 0 aliphatic rings. The Kier molecular flexibility index (Phi) is 4.28. The standard InChI is InChI=1S/C17H20ClN/c1-11-5-6-12(2)15(9-11)17(19-4)14-8-7-13(3)16(18)10-14/h5-10,17,19H,1-4H3. The van der Waals surface area contributed by atoms with Crippen molar-refractivity contribution in [1.29, 1.82) is 0 Å². The molecule has 0 aromatic heterocycles. The third kappa shape index (κ3) is 2.99. The molecule has 2 heteroatoms. The lowest BCUT2D eigenvalue weighted by molar-refractivity contribution is 0.687. The molecule has 2 aromatic carbocycles. The summed E-state index contributed by atoms with van der Waals surface area (Å²) in [5.41, 5.74) is 6.19. The van der Waals surface area contributed by atoms with Gasteiger partial charge in [-0.2, -0.15) is 0 Å². The predicted molar refractivity (Wildman–Crippen MR) is 83.0 cm³/mol. The van der Waals surface area contributed by atoms with Crippen LogP contribution in [0.4, 0.5) is 0 Å². The Hall–Kier alpha value is -1.31. The number of hydrogen-bond acceptors (Lipinski definition) is 1. The Morgan fingerprint density at radius 1 is 0.947 bits per heavy atom. The molecule has 0 saturated heterocycles. The molecular formula is C17H20ClN. The predicted octanol–water partition coefficient (Wildman–Crippen LogP) is 4.57. The lowest BCUT2D eigenvalue weighted by Gasteiger charge is -2.20. The van der Waals surface area contributed by atoms with Crippen LogP contribution in [0.5, 0.6) is 0 Å². The van der Waals surface area contributed by atoms with E-state index in [9.17, 15) is 0 Å². The zero-order valence-corrected chi connectivity index (χ0v) is 12.7. The van der Waals surface area contributed by atoms with E-state index >= 15 is 0 Å². The van der Waals surface area contributed by atoms with Gasteiger partial charge in [0, 0.05) is 5.02 Å². The largest absolute Gasteiger partial charge is 0.309 e. The van der Waals surface area contributed by atoms with E-state index in [1.54, 1.807) is 0 Å². The highest BCUT2D eigenvalue weighted by molar-refractivity contribution is 6.31. The van der Waals surface area contributed by atoms with Crippen molar-refractivity contribution < 1.29 is 0 Å². The van der Waals surface area contributed by atoms with Gasteiger partial charge in [-0.05, 0) is 56.1 Å². The molecule has 0 radical (unpaired) electrons. The third-order valence-corrected chi connectivity index (χ3v) is 3.97. The average Bonchev–Trinajstić information content (AvgIpc) is 2.38. The molecule has 0 spiro atoms. The minimum atomic E-state index is 0.179. The molecular weight excluding hydrogens is 254 g/mol. The zero-order valence-electron chi connectivity index (χ0n) is 11.9. The molecule has 1 unspecified atom stereocenters. The molecule has 0 amide bonds. The minimum Gasteiger partial charge on any atom is -0.309 e. The Bertz CT molecular complexity index is 590. The van der Waals surface area contributed by atoms with Gasteiger partial charge in [-0.1, -0.05) is 47.5 Å². The second-order valence-electron chi connectivity index (χ2n) is 5.09. The summed E-state index contributed by atoms with van der Waals surface area (Å²) in [5.74, 6) is 0. The molecule has 100 valence electrons. The molecule has 1 N–H and O–H groups in total. The van der Waals surface area contributed by atoms with Crippen molar-refractivity contribution >= 4 is 11.6 Å². The van der Waals surface area contributed by atoms with Crippen LogP contribution in [0.25, 0.3) is 0 Å². The van der Waals surface area contributed by atoms with Crippen LogP contribution in [0.2, 0.25) is 5.02 Å². The summed E-state index contributed by atoms with van der Waals surface area (Å²) in [6.07, 6.45) is 0. The lowest BCUT2D eigenvalue weighted by Crippen LogP contribution is -2.18. The fourth-order valence-electron chi connectivity index (χ4n) is 2.36. The zero-order chi connectivity index (χ0) is 14.0. The van der Waals surface area contributed by atoms with Gasteiger partial charge in [0.15, 0.2) is 0 Å². The molecule has 19 heavy (non-hydrogen) atoms. The van der Waals surface area contributed by atoms with Gasteiger partial charge in [0.25, 0.3) is 0 Å². The number of halogens is 1. The van der Waals surface area contributed by atoms with Gasteiger partial charge in [-0.15, -0.1) is 0 Å². The quantitative estimate of drug-likeness (QED) is 0.863. The Morgan fingerprint density at radius 3 is 2.26 bits per heavy atom. The summed E-state index contributed by atoms with van der Waals surface area (Å²) in [4.78, 5) is 0. The molecule has 2 rings (SSSR count). The topological polar surface area (TPSA) is 12.0 Å². The van der Waals surface area contributed by atoms with Crippen LogP contribution >= 0.6 is 11.6 Å². The van der Waals surface area contributed by atoms with Crippen molar-refractivity contribution in [3.8, 4) is 0 Å². The summed E-state index contributed by atoms with van der Waals surface area (Å²) >= 11 is 6.25. The van der Waals surface area contributed by atoms with E-state index in [0.717, 1.165) is 10.6 Å². The normalized spacial score (nSPS) is 12.5. The first kappa shape index (κ1) is 14.1. The van der Waals surface area contributed by atoms with Crippen LogP contribution < -0.4 is 5.32 Å². The number of aryl methyl sites for hydroxylation is 3. The molecule has 2 aromatic rings. The molecule has 0 heterocycles. The smallest absolute Gasteiger partial charge is 0.0577 e. The van der Waals surface area contributed by atoms with Crippen LogP contribution in [0, 0.1) is 20.8 Å². The van der Waals surface area contributed by atoms with E-state index in [1.807, 2.05) is 14.0 Å². The first-order chi connectivity index (χ1) is 9.02. The van der Waals surface area contributed by atoms with Gasteiger partial charge >= 0.3 is 0 Å². The monoisotopic (exact) mass is 273 g/mol. The molecule has 1 nitrogen and oxygen atoms in total. The van der Waals surface area contributed by atoms with Crippen molar-refractivity contribution in [3.63, 3.8) is 0 Å². The SMILES string of the molecule is CNC(c1ccc(C)c(Cl)c1)c1cc(C)ccc1C. The summed E-state index contributed by atoms with van der Waals surface area (Å²) in [6.45, 7) is 6.30. The first-order valence-electron chi connectivity index (χ1n) is 6.53. The van der Waals surface area contributed by atoms with Gasteiger partial charge in [0.05, 0.1) is 6.04 Å². The minimum absolute atomic E-state index is 0.179. The maximum Gasteiger partial charge on any atom is 0.0577 e. The van der Waals surface area contributed by atoms with E-state index in [-0.39, 0.29) is 6.04 Å². The fraction of sp³-hybridized carbons (Fsp3) is 0.294. The second kappa shape index (κ2) is 5.77. The summed E-state index contributed by atoms with van der Waals surface area (Å²) in [6, 6.07) is 13.0. The summed E-state index contributed by atoms with van der Waals surface area (Å²) in [7, 11) is 1.99. The molecule has 0 bridgehead atoms. The second-order valence-corrected chi connectivity index (χ2v) is 5.50. The van der Waals surface area contributed by atoms with Crippen LogP contribution in [-0.2, 0) is 0 Å². The first-order valence-corrected chi connectivity index (χ1v) is 6.91. The van der Waals surface area contributed by atoms with Crippen molar-refractivity contribution in [2.24, 2.45) is 0 Å². The van der Waals surface area contributed by atoms with Gasteiger partial charge in [-0.3, -0.25) is 0 Å². The van der Waals surface area contributed by atoms with E-state index in [1.165, 1.54) is 22.3 Å². The average molecular weight is 274 g/mol. The van der Waals surface area contributed by atoms with Crippen LogP contribution in [0.3, 0.4) is 0 Å². The summed E-state index contributed by atoms with van der Waals surface area (Å²) < 4.78 is 0. The van der Waals surface area contributed by atoms with Crippen LogP contribution in [0.1, 0.15) is 33.9 Å². The van der Waals surface area contributed by atoms with Gasteiger partial charge in [-0.25, -0.2) is 0 Å². The Balaban J connectivity index is 2.49. The van der Waals surface area contributed by atoms with E-state index in [2.05, 4.69) is 55.6 Å². The van der Waals surface area contributed by atoms with Crippen molar-refractivity contribution in [2.75, 3.05) is 7.05 Å². The number of benzene rings is 2. The molecule has 0 aliphatic carbocycles. The number of nitrogens with one attached hydrogen (secondary N) is 1. The van der Waals surface area contributed by atoms with E-state index in [0.29, 0.717) is 0 Å². The fourth-order valence-corrected chi connectivity index (χ4v) is 2.55. The van der Waals surface area contributed by atoms with Crippen molar-refractivity contribution in [2.45, 2.75) is 26.8 Å². The van der Waals surface area contributed by atoms with Gasteiger partial charge in [0.1, 0.15) is 0 Å². The van der Waals surface area contributed by atoms with E-state index in [4.69, 9.17) is 11.6 Å². The number of hydrogen-bond donors (Lipinski definition) is 1. The van der Waals surface area contributed by atoms with Gasteiger partial charge < -0.3 is 5.32 Å². The van der Waals surface area contributed by atoms with Crippen molar-refractivity contribution in [3.05, 3.63) is 69.2 Å². The highest BCUT2D eigenvalue weighted by Crippen LogP contribution is 2.28. The summed E-state index contributed by atoms with van der Waals surface area (Å²) in [5, 5.41) is 4.21. The van der Waals surface area contributed by atoms with Crippen molar-refractivity contribution in [1.82, 2.24) is 5.32 Å². The highest BCUT2D eigenvalue weighted by atomic mass is 35.5. The maximum absolute atomic E-state index is 6.25. The Morgan fingerprint density at radius 2 is 1.63 bits per heavy atom. The third-order valence-electron chi connectivity index (χ3n) is 3.56. The Labute approximate surface area is 120 Å². The van der Waals surface area contributed by atoms with Gasteiger partial charge in [0.2, 0.25) is 0 Å². The van der Waals surface area contributed by atoms with E-state index < -0.39 is 0 Å². The van der Waals surface area contributed by atoms with Crippen LogP contribution in [-0.4, -0.2) is 7.05 Å². The highest BCUT2D eigenvalue weighted by Gasteiger charge is 2.15. The molecule has 0 fully saturated rings. The lowest BCUT2D eigenvalue weighted by atomic mass is 9.93. The maximum atomic E-state index is 6.25. The van der Waals surface area contributed by atoms with Crippen LogP contribution in [0.15, 0.2) is 36.4 Å². The molecule has 1 atom stereocenters.